The van der Waals surface area contributed by atoms with Crippen molar-refractivity contribution in [3.63, 3.8) is 0 Å². The molecule has 0 spiro atoms. The monoisotopic (exact) mass is 299 g/mol. The summed E-state index contributed by atoms with van der Waals surface area (Å²) in [6, 6.07) is 0.914. The van der Waals surface area contributed by atoms with Gasteiger partial charge >= 0.3 is 5.69 Å². The van der Waals surface area contributed by atoms with E-state index in [4.69, 9.17) is 19.9 Å². The molecular weight excluding hydrogens is 278 g/mol. The van der Waals surface area contributed by atoms with Gasteiger partial charge in [-0.25, -0.2) is 4.79 Å². The fraction of sp³-hybridized carbons (Fsp3) is 0.692. The maximum atomic E-state index is 11.9. The van der Waals surface area contributed by atoms with Crippen molar-refractivity contribution in [1.29, 1.82) is 0 Å². The first-order valence-electron chi connectivity index (χ1n) is 6.91. The van der Waals surface area contributed by atoms with E-state index in [1.165, 1.54) is 16.8 Å². The molecule has 0 radical (unpaired) electrons. The highest BCUT2D eigenvalue weighted by Gasteiger charge is 2.43. The second kappa shape index (κ2) is 6.99. The number of nitrogens with one attached hydrogen (secondary N) is 1. The molecule has 0 unspecified atom stereocenters. The summed E-state index contributed by atoms with van der Waals surface area (Å²) in [6.45, 7) is 2.73. The Balaban J connectivity index is 2.25. The Bertz CT molecular complexity index is 569. The van der Waals surface area contributed by atoms with Crippen molar-refractivity contribution < 1.29 is 14.2 Å². The molecule has 1 aliphatic rings. The molecule has 2 heterocycles. The van der Waals surface area contributed by atoms with Crippen molar-refractivity contribution in [3.8, 4) is 0 Å². The first kappa shape index (κ1) is 15.9. The van der Waals surface area contributed by atoms with Crippen LogP contribution < -0.4 is 17.0 Å². The number of H-pyrrole nitrogens is 1. The highest BCUT2D eigenvalue weighted by atomic mass is 16.6. The lowest BCUT2D eigenvalue weighted by Gasteiger charge is -2.22. The predicted octanol–water partition coefficient (Wildman–Crippen LogP) is -0.797. The number of hydrogen-bond acceptors (Lipinski definition) is 6. The first-order valence-corrected chi connectivity index (χ1v) is 6.91. The molecule has 4 atom stereocenters. The van der Waals surface area contributed by atoms with E-state index in [0.29, 0.717) is 19.6 Å². The maximum absolute atomic E-state index is 11.9. The van der Waals surface area contributed by atoms with Crippen LogP contribution in [0.25, 0.3) is 0 Å². The molecule has 1 fully saturated rings. The van der Waals surface area contributed by atoms with Crippen LogP contribution >= 0.6 is 0 Å². The molecule has 118 valence electrons. The topological polar surface area (TPSA) is 109 Å². The lowest BCUT2D eigenvalue weighted by Crippen LogP contribution is -2.43. The summed E-state index contributed by atoms with van der Waals surface area (Å²) < 4.78 is 17.8. The Morgan fingerprint density at radius 1 is 1.43 bits per heavy atom. The van der Waals surface area contributed by atoms with Crippen LogP contribution in [0.2, 0.25) is 0 Å². The lowest BCUT2D eigenvalue weighted by atomic mass is 10.1. The standard InChI is InChI=1S/C13H21N3O5/c1-3-8-10(14)11(20-7-6-19-2)12(21-8)16-5-4-9(17)15-13(16)18/h4-5,8,10-12H,3,6-7,14H2,1-2H3,(H,15,17,18)/t8-,10-,11-,12-/m1/s1. The smallest absolute Gasteiger partial charge is 0.330 e. The summed E-state index contributed by atoms with van der Waals surface area (Å²) >= 11 is 0. The Morgan fingerprint density at radius 3 is 2.81 bits per heavy atom. The molecule has 3 N–H and O–H groups in total. The van der Waals surface area contributed by atoms with Gasteiger partial charge in [0.25, 0.3) is 5.56 Å². The number of hydrogen-bond donors (Lipinski definition) is 2. The summed E-state index contributed by atoms with van der Waals surface area (Å²) in [5.41, 5.74) is 5.14. The Kier molecular flexibility index (Phi) is 5.29. The van der Waals surface area contributed by atoms with E-state index in [1.807, 2.05) is 6.92 Å². The van der Waals surface area contributed by atoms with Crippen LogP contribution in [0.5, 0.6) is 0 Å². The lowest BCUT2D eigenvalue weighted by molar-refractivity contribution is -0.0731. The van der Waals surface area contributed by atoms with E-state index < -0.39 is 23.6 Å². The fourth-order valence-corrected chi connectivity index (χ4v) is 2.43. The second-order valence-corrected chi connectivity index (χ2v) is 4.90. The van der Waals surface area contributed by atoms with E-state index in [2.05, 4.69) is 4.98 Å². The third-order valence-electron chi connectivity index (χ3n) is 3.53. The SMILES string of the molecule is CC[C@H]1O[C@@H](n2ccc(=O)[nH]c2=O)[C@H](OCCOC)[C@@H]1N. The van der Waals surface area contributed by atoms with Gasteiger partial charge in [-0.15, -0.1) is 0 Å². The zero-order valence-electron chi connectivity index (χ0n) is 12.2. The number of nitrogens with zero attached hydrogens (tertiary/aromatic N) is 1. The van der Waals surface area contributed by atoms with Crippen LogP contribution in [-0.4, -0.2) is 48.1 Å². The molecule has 0 amide bonds. The number of methoxy groups -OCH3 is 1. The Labute approximate surface area is 121 Å². The highest BCUT2D eigenvalue weighted by Crippen LogP contribution is 2.30. The molecule has 1 aromatic heterocycles. The largest absolute Gasteiger partial charge is 0.382 e. The van der Waals surface area contributed by atoms with Gasteiger partial charge in [-0.2, -0.15) is 0 Å². The van der Waals surface area contributed by atoms with Gasteiger partial charge in [-0.05, 0) is 6.42 Å². The minimum atomic E-state index is -0.661. The molecule has 8 nitrogen and oxygen atoms in total. The van der Waals surface area contributed by atoms with Crippen molar-refractivity contribution in [2.45, 2.75) is 37.8 Å². The van der Waals surface area contributed by atoms with Gasteiger partial charge in [-0.3, -0.25) is 14.3 Å². The van der Waals surface area contributed by atoms with E-state index >= 15 is 0 Å². The van der Waals surface area contributed by atoms with Crippen molar-refractivity contribution in [3.05, 3.63) is 33.1 Å². The van der Waals surface area contributed by atoms with Gasteiger partial charge in [0.1, 0.15) is 6.10 Å². The van der Waals surface area contributed by atoms with Gasteiger partial charge in [0.15, 0.2) is 6.23 Å². The number of ether oxygens (including phenoxy) is 3. The molecule has 1 saturated heterocycles. The molecule has 0 aromatic carbocycles. The van der Waals surface area contributed by atoms with Crippen LogP contribution in [-0.2, 0) is 14.2 Å². The summed E-state index contributed by atoms with van der Waals surface area (Å²) in [4.78, 5) is 25.3. The number of aromatic nitrogens is 2. The third kappa shape index (κ3) is 3.41. The second-order valence-electron chi connectivity index (χ2n) is 4.90. The van der Waals surface area contributed by atoms with Crippen molar-refractivity contribution in [2.75, 3.05) is 20.3 Å². The molecule has 0 bridgehead atoms. The molecular formula is C13H21N3O5. The molecule has 2 rings (SSSR count). The van der Waals surface area contributed by atoms with Crippen LogP contribution in [0, 0.1) is 0 Å². The van der Waals surface area contributed by atoms with E-state index in [9.17, 15) is 9.59 Å². The van der Waals surface area contributed by atoms with Gasteiger partial charge < -0.3 is 19.9 Å². The van der Waals surface area contributed by atoms with Crippen molar-refractivity contribution >= 4 is 0 Å². The molecule has 1 aliphatic heterocycles. The average Bonchev–Trinajstić information content (AvgIpc) is 2.76. The van der Waals surface area contributed by atoms with Crippen LogP contribution in [0.3, 0.4) is 0 Å². The predicted molar refractivity (Wildman–Crippen MR) is 75.1 cm³/mol. The van der Waals surface area contributed by atoms with Gasteiger partial charge in [0.05, 0.1) is 25.4 Å². The van der Waals surface area contributed by atoms with Crippen LogP contribution in [0.15, 0.2) is 21.9 Å². The average molecular weight is 299 g/mol. The minimum absolute atomic E-state index is 0.207. The van der Waals surface area contributed by atoms with E-state index in [-0.39, 0.29) is 12.1 Å². The van der Waals surface area contributed by atoms with Gasteiger partial charge in [-0.1, -0.05) is 6.92 Å². The molecule has 21 heavy (non-hydrogen) atoms. The van der Waals surface area contributed by atoms with E-state index in [1.54, 1.807) is 7.11 Å². The molecule has 8 heteroatoms. The number of nitrogens with two attached hydrogens (primary N) is 1. The van der Waals surface area contributed by atoms with Gasteiger partial charge in [0.2, 0.25) is 0 Å². The van der Waals surface area contributed by atoms with Crippen LogP contribution in [0.1, 0.15) is 19.6 Å². The normalized spacial score (nSPS) is 28.9. The maximum Gasteiger partial charge on any atom is 0.330 e. The van der Waals surface area contributed by atoms with Gasteiger partial charge in [0, 0.05) is 19.4 Å². The van der Waals surface area contributed by atoms with Crippen molar-refractivity contribution in [1.82, 2.24) is 9.55 Å². The fourth-order valence-electron chi connectivity index (χ4n) is 2.43. The van der Waals surface area contributed by atoms with E-state index in [0.717, 1.165) is 0 Å². The minimum Gasteiger partial charge on any atom is -0.382 e. The zero-order chi connectivity index (χ0) is 15.4. The first-order chi connectivity index (χ1) is 10.1. The quantitative estimate of drug-likeness (QED) is 0.666. The number of aromatic amines is 1. The summed E-state index contributed by atoms with van der Waals surface area (Å²) in [7, 11) is 1.58. The summed E-state index contributed by atoms with van der Waals surface area (Å²) in [5.74, 6) is 0. The Hall–Kier alpha value is -1.48. The molecule has 0 aliphatic carbocycles. The molecule has 0 saturated carbocycles. The van der Waals surface area contributed by atoms with Crippen molar-refractivity contribution in [2.24, 2.45) is 5.73 Å². The van der Waals surface area contributed by atoms with Crippen LogP contribution in [0.4, 0.5) is 0 Å². The molecule has 1 aromatic rings. The Morgan fingerprint density at radius 2 is 2.19 bits per heavy atom. The summed E-state index contributed by atoms with van der Waals surface area (Å²) in [6.07, 6.45) is 0.754. The number of rotatable bonds is 6. The third-order valence-corrected chi connectivity index (χ3v) is 3.53. The highest BCUT2D eigenvalue weighted by molar-refractivity contribution is 4.95. The summed E-state index contributed by atoms with van der Waals surface area (Å²) in [5, 5.41) is 0. The zero-order valence-corrected chi connectivity index (χ0v) is 12.2.